The highest BCUT2D eigenvalue weighted by molar-refractivity contribution is 9.11. The molecular formula is C12H15Br2NO4S. The molecule has 0 aliphatic heterocycles. The summed E-state index contributed by atoms with van der Waals surface area (Å²) in [5, 5.41) is 9.08. The molecule has 0 saturated heterocycles. The van der Waals surface area contributed by atoms with Crippen LogP contribution in [0.1, 0.15) is 26.2 Å². The Hall–Kier alpha value is -0.440. The van der Waals surface area contributed by atoms with Gasteiger partial charge in [-0.05, 0) is 40.5 Å². The number of unbranched alkanes of at least 4 members (excludes halogenated alkanes) is 1. The van der Waals surface area contributed by atoms with Crippen molar-refractivity contribution in [3.05, 3.63) is 27.1 Å². The molecule has 112 valence electrons. The van der Waals surface area contributed by atoms with Gasteiger partial charge in [-0.2, -0.15) is 4.72 Å². The monoisotopic (exact) mass is 427 g/mol. The largest absolute Gasteiger partial charge is 0.480 e. The van der Waals surface area contributed by atoms with Gasteiger partial charge in [0.1, 0.15) is 6.04 Å². The lowest BCUT2D eigenvalue weighted by Gasteiger charge is -2.15. The Bertz CT molecular complexity index is 589. The van der Waals surface area contributed by atoms with Crippen LogP contribution in [0.3, 0.4) is 0 Å². The van der Waals surface area contributed by atoms with Gasteiger partial charge in [0.25, 0.3) is 0 Å². The first-order valence-electron chi connectivity index (χ1n) is 5.98. The van der Waals surface area contributed by atoms with E-state index in [0.717, 1.165) is 10.9 Å². The minimum atomic E-state index is -3.88. The molecule has 0 aliphatic carbocycles. The van der Waals surface area contributed by atoms with E-state index in [2.05, 4.69) is 36.6 Å². The van der Waals surface area contributed by atoms with Crippen molar-refractivity contribution < 1.29 is 18.3 Å². The second kappa shape index (κ2) is 7.53. The van der Waals surface area contributed by atoms with Crippen LogP contribution in [0.25, 0.3) is 0 Å². The van der Waals surface area contributed by atoms with Crippen LogP contribution in [0, 0.1) is 0 Å². The minimum Gasteiger partial charge on any atom is -0.480 e. The molecule has 0 radical (unpaired) electrons. The highest BCUT2D eigenvalue weighted by Crippen LogP contribution is 2.26. The summed E-state index contributed by atoms with van der Waals surface area (Å²) in [5.74, 6) is -1.17. The summed E-state index contributed by atoms with van der Waals surface area (Å²) in [7, 11) is -3.88. The normalized spacial score (nSPS) is 13.2. The Morgan fingerprint density at radius 1 is 1.40 bits per heavy atom. The van der Waals surface area contributed by atoms with E-state index in [0.29, 0.717) is 10.9 Å². The van der Waals surface area contributed by atoms with Gasteiger partial charge in [0.05, 0.1) is 4.90 Å². The van der Waals surface area contributed by atoms with Crippen LogP contribution in [0.5, 0.6) is 0 Å². The highest BCUT2D eigenvalue weighted by atomic mass is 79.9. The number of benzene rings is 1. The van der Waals surface area contributed by atoms with Crippen molar-refractivity contribution in [1.82, 2.24) is 4.72 Å². The number of aliphatic carboxylic acids is 1. The Kier molecular flexibility index (Phi) is 6.63. The van der Waals surface area contributed by atoms with Crippen molar-refractivity contribution in [2.24, 2.45) is 0 Å². The average molecular weight is 429 g/mol. The lowest BCUT2D eigenvalue weighted by molar-refractivity contribution is -0.139. The number of nitrogens with one attached hydrogen (secondary N) is 1. The number of carbonyl (C=O) groups is 1. The molecule has 1 aromatic carbocycles. The third kappa shape index (κ3) is 4.83. The predicted molar refractivity (Wildman–Crippen MR) is 83.1 cm³/mol. The van der Waals surface area contributed by atoms with E-state index in [1.165, 1.54) is 6.07 Å². The maximum Gasteiger partial charge on any atom is 0.321 e. The fourth-order valence-corrected chi connectivity index (χ4v) is 4.55. The number of halogens is 2. The minimum absolute atomic E-state index is 0.0171. The summed E-state index contributed by atoms with van der Waals surface area (Å²) in [5.41, 5.74) is 0. The van der Waals surface area contributed by atoms with Crippen LogP contribution in [-0.4, -0.2) is 25.5 Å². The van der Waals surface area contributed by atoms with Crippen molar-refractivity contribution in [3.63, 3.8) is 0 Å². The number of rotatable bonds is 7. The molecule has 1 aromatic rings. The zero-order valence-corrected chi connectivity index (χ0v) is 14.8. The predicted octanol–water partition coefficient (Wildman–Crippen LogP) is 3.13. The summed E-state index contributed by atoms with van der Waals surface area (Å²) in [6.07, 6.45) is 1.70. The van der Waals surface area contributed by atoms with E-state index in [9.17, 15) is 13.2 Å². The van der Waals surface area contributed by atoms with E-state index >= 15 is 0 Å². The highest BCUT2D eigenvalue weighted by Gasteiger charge is 2.26. The van der Waals surface area contributed by atoms with Crippen LogP contribution in [0.4, 0.5) is 0 Å². The molecule has 1 atom stereocenters. The smallest absolute Gasteiger partial charge is 0.321 e. The maximum atomic E-state index is 12.2. The Labute approximate surface area is 135 Å². The molecule has 2 N–H and O–H groups in total. The van der Waals surface area contributed by atoms with Crippen LogP contribution >= 0.6 is 31.9 Å². The van der Waals surface area contributed by atoms with Crippen molar-refractivity contribution in [3.8, 4) is 0 Å². The van der Waals surface area contributed by atoms with Gasteiger partial charge in [0.2, 0.25) is 10.0 Å². The number of sulfonamides is 1. The second-order valence-electron chi connectivity index (χ2n) is 4.23. The molecular weight excluding hydrogens is 414 g/mol. The zero-order valence-electron chi connectivity index (χ0n) is 10.8. The summed E-state index contributed by atoms with van der Waals surface area (Å²) >= 11 is 6.40. The molecule has 8 heteroatoms. The zero-order chi connectivity index (χ0) is 15.3. The number of carboxylic acid groups (broad SMARTS) is 1. The fourth-order valence-electron chi connectivity index (χ4n) is 1.58. The van der Waals surface area contributed by atoms with E-state index in [4.69, 9.17) is 5.11 Å². The summed E-state index contributed by atoms with van der Waals surface area (Å²) in [6.45, 7) is 1.92. The van der Waals surface area contributed by atoms with Crippen molar-refractivity contribution in [2.45, 2.75) is 37.1 Å². The third-order valence-electron chi connectivity index (χ3n) is 2.63. The molecule has 0 fully saturated rings. The molecule has 0 heterocycles. The van der Waals surface area contributed by atoms with Gasteiger partial charge in [0.15, 0.2) is 0 Å². The van der Waals surface area contributed by atoms with Gasteiger partial charge in [-0.15, -0.1) is 0 Å². The number of hydrogen-bond acceptors (Lipinski definition) is 3. The van der Waals surface area contributed by atoms with E-state index in [-0.39, 0.29) is 11.3 Å². The Morgan fingerprint density at radius 2 is 2.05 bits per heavy atom. The first-order valence-corrected chi connectivity index (χ1v) is 9.05. The summed E-state index contributed by atoms with van der Waals surface area (Å²) in [6, 6.07) is 3.47. The Balaban J connectivity index is 3.00. The van der Waals surface area contributed by atoms with E-state index in [1.807, 2.05) is 6.92 Å². The SMILES string of the molecule is CCCCC(NS(=O)(=O)c1ccc(Br)cc1Br)C(=O)O. The van der Waals surface area contributed by atoms with Gasteiger partial charge >= 0.3 is 5.97 Å². The van der Waals surface area contributed by atoms with Gasteiger partial charge in [-0.25, -0.2) is 8.42 Å². The van der Waals surface area contributed by atoms with E-state index in [1.54, 1.807) is 12.1 Å². The molecule has 0 saturated carbocycles. The topological polar surface area (TPSA) is 83.5 Å². The maximum absolute atomic E-state index is 12.2. The van der Waals surface area contributed by atoms with Gasteiger partial charge < -0.3 is 5.11 Å². The molecule has 0 bridgehead atoms. The lowest BCUT2D eigenvalue weighted by atomic mass is 10.1. The first kappa shape index (κ1) is 17.6. The van der Waals surface area contributed by atoms with Crippen LogP contribution in [0.15, 0.2) is 32.0 Å². The molecule has 0 spiro atoms. The van der Waals surface area contributed by atoms with E-state index < -0.39 is 22.0 Å². The molecule has 5 nitrogen and oxygen atoms in total. The molecule has 20 heavy (non-hydrogen) atoms. The summed E-state index contributed by atoms with van der Waals surface area (Å²) < 4.78 is 27.8. The molecule has 1 unspecified atom stereocenters. The number of carboxylic acids is 1. The molecule has 1 rings (SSSR count). The van der Waals surface area contributed by atoms with Gasteiger partial charge in [-0.1, -0.05) is 35.7 Å². The average Bonchev–Trinajstić information content (AvgIpc) is 2.33. The second-order valence-corrected chi connectivity index (χ2v) is 7.68. The molecule has 0 aliphatic rings. The Morgan fingerprint density at radius 3 is 2.55 bits per heavy atom. The molecule has 0 amide bonds. The first-order chi connectivity index (χ1) is 9.27. The van der Waals surface area contributed by atoms with Crippen LogP contribution < -0.4 is 4.72 Å². The van der Waals surface area contributed by atoms with Crippen molar-refractivity contribution in [1.29, 1.82) is 0 Å². The van der Waals surface area contributed by atoms with Crippen molar-refractivity contribution >= 4 is 47.9 Å². The summed E-state index contributed by atoms with van der Waals surface area (Å²) in [4.78, 5) is 11.1. The van der Waals surface area contributed by atoms with Gasteiger partial charge in [0, 0.05) is 8.95 Å². The van der Waals surface area contributed by atoms with Gasteiger partial charge in [-0.3, -0.25) is 4.79 Å². The molecule has 0 aromatic heterocycles. The fraction of sp³-hybridized carbons (Fsp3) is 0.417. The standard InChI is InChI=1S/C12H15Br2NO4S/c1-2-3-4-10(12(16)17)15-20(18,19)11-6-5-8(13)7-9(11)14/h5-7,10,15H,2-4H2,1H3,(H,16,17). The third-order valence-corrected chi connectivity index (χ3v) is 5.57. The van der Waals surface area contributed by atoms with Crippen molar-refractivity contribution in [2.75, 3.05) is 0 Å². The van der Waals surface area contributed by atoms with Crippen LogP contribution in [0.2, 0.25) is 0 Å². The lowest BCUT2D eigenvalue weighted by Crippen LogP contribution is -2.40. The quantitative estimate of drug-likeness (QED) is 0.698. The number of hydrogen-bond donors (Lipinski definition) is 2. The van der Waals surface area contributed by atoms with Crippen LogP contribution in [-0.2, 0) is 14.8 Å².